The number of rotatable bonds is 13. The van der Waals surface area contributed by atoms with E-state index in [9.17, 15) is 29.1 Å². The third-order valence-corrected chi connectivity index (χ3v) is 9.45. The minimum Gasteiger partial charge on any atom is -0.477 e. The topological polar surface area (TPSA) is 268 Å². The molecule has 4 heterocycles. The number of hydrogen-bond donors (Lipinski definition) is 4. The van der Waals surface area contributed by atoms with E-state index in [-0.39, 0.29) is 41.2 Å². The van der Waals surface area contributed by atoms with Gasteiger partial charge in [0.15, 0.2) is 5.13 Å². The maximum Gasteiger partial charge on any atom is 0.407 e. The average Bonchev–Trinajstić information content (AvgIpc) is 3.64. The van der Waals surface area contributed by atoms with E-state index in [1.165, 1.54) is 30.3 Å². The maximum absolute atomic E-state index is 13.5. The number of carboxylic acids is 1. The Bertz CT molecular complexity index is 1740. The number of esters is 1. The fourth-order valence-electron chi connectivity index (χ4n) is 4.29. The van der Waals surface area contributed by atoms with Gasteiger partial charge in [0.05, 0.1) is 6.54 Å². The highest BCUT2D eigenvalue weighted by Crippen LogP contribution is 2.41. The third-order valence-electron chi connectivity index (χ3n) is 6.53. The average molecular weight is 770 g/mol. The van der Waals surface area contributed by atoms with Crippen molar-refractivity contribution in [3.8, 4) is 0 Å². The zero-order valence-electron chi connectivity index (χ0n) is 29.1. The first-order valence-electron chi connectivity index (χ1n) is 15.3. The molecule has 2 aliphatic heterocycles. The van der Waals surface area contributed by atoms with Crippen LogP contribution in [0, 0.1) is 0 Å². The number of aliphatic carboxylic acids is 1. The minimum atomic E-state index is -1.63. The number of nitrogens with two attached hydrogens (primary N) is 1. The molecule has 2 atom stereocenters. The lowest BCUT2D eigenvalue weighted by molar-refractivity contribution is -0.179. The first kappa shape index (κ1) is 39.3. The number of aromatic nitrogens is 6. The third kappa shape index (κ3) is 10.1. The molecule has 23 heteroatoms. The van der Waals surface area contributed by atoms with Gasteiger partial charge in [-0.05, 0) is 71.4 Å². The second-order valence-electron chi connectivity index (χ2n) is 13.5. The molecule has 2 aromatic heterocycles. The van der Waals surface area contributed by atoms with Crippen molar-refractivity contribution in [1.82, 2.24) is 45.1 Å². The Balaban J connectivity index is 1.43. The number of nitrogens with zero attached hydrogens (tertiary/aromatic N) is 8. The van der Waals surface area contributed by atoms with Crippen LogP contribution < -0.4 is 16.4 Å². The number of oxime groups is 1. The van der Waals surface area contributed by atoms with Gasteiger partial charge >= 0.3 is 18.0 Å². The number of carbonyl (C=O) groups is 5. The molecular formula is C28H39N11O9S3. The summed E-state index contributed by atoms with van der Waals surface area (Å²) in [7, 11) is 0. The molecule has 0 bridgehead atoms. The Morgan fingerprint density at radius 1 is 1.10 bits per heavy atom. The molecule has 0 aromatic carbocycles. The van der Waals surface area contributed by atoms with Gasteiger partial charge in [-0.25, -0.2) is 19.1 Å². The number of nitrogens with one attached hydrogen (secondary N) is 2. The smallest absolute Gasteiger partial charge is 0.407 e. The molecule has 20 nitrogen and oxygen atoms in total. The first-order valence-corrected chi connectivity index (χ1v) is 18.1. The van der Waals surface area contributed by atoms with Gasteiger partial charge in [-0.2, -0.15) is 9.36 Å². The molecule has 5 N–H and O–H groups in total. The molecule has 1 saturated heterocycles. The van der Waals surface area contributed by atoms with E-state index >= 15 is 0 Å². The molecule has 0 saturated carbocycles. The lowest BCUT2D eigenvalue weighted by Gasteiger charge is -2.49. The van der Waals surface area contributed by atoms with Crippen LogP contribution in [0.4, 0.5) is 9.93 Å². The van der Waals surface area contributed by atoms with E-state index in [2.05, 4.69) is 40.7 Å². The zero-order valence-corrected chi connectivity index (χ0v) is 31.5. The molecule has 0 aliphatic carbocycles. The highest BCUT2D eigenvalue weighted by molar-refractivity contribution is 8.01. The number of anilines is 1. The normalized spacial score (nSPS) is 18.1. The van der Waals surface area contributed by atoms with Crippen LogP contribution in [0.5, 0.6) is 0 Å². The predicted molar refractivity (Wildman–Crippen MR) is 184 cm³/mol. The number of carboxylic acid groups (broad SMARTS) is 1. The van der Waals surface area contributed by atoms with Gasteiger partial charge in [0, 0.05) is 29.6 Å². The van der Waals surface area contributed by atoms with Crippen molar-refractivity contribution in [1.29, 1.82) is 0 Å². The van der Waals surface area contributed by atoms with E-state index in [0.717, 1.165) is 28.2 Å². The van der Waals surface area contributed by atoms with Gasteiger partial charge in [0.2, 0.25) is 22.3 Å². The monoisotopic (exact) mass is 769 g/mol. The summed E-state index contributed by atoms with van der Waals surface area (Å²) < 4.78 is 16.0. The Labute approximate surface area is 304 Å². The van der Waals surface area contributed by atoms with E-state index in [1.54, 1.807) is 41.5 Å². The number of β-lactam (4-membered cyclic amide) rings is 1. The molecule has 278 valence electrons. The molecule has 0 radical (unpaired) electrons. The van der Waals surface area contributed by atoms with Crippen LogP contribution in [-0.2, 0) is 40.0 Å². The molecule has 0 spiro atoms. The van der Waals surface area contributed by atoms with Crippen LogP contribution in [0.15, 0.2) is 21.6 Å². The summed E-state index contributed by atoms with van der Waals surface area (Å²) >= 11 is 3.20. The molecule has 1 fully saturated rings. The zero-order chi connectivity index (χ0) is 37.9. The number of thioether (sulfide) groups is 2. The SMILES string of the molecule is CC(C)(C)OC(=O)NCCn1nnnc1SCC1=C(C(=O)O)N2C(=O)C(NC(=O)C(=NOC(C)(C)C(=O)OC(C)(C)C)c3nsc(N)n3)[C@@H]2SC1. The van der Waals surface area contributed by atoms with Crippen molar-refractivity contribution in [2.75, 3.05) is 23.8 Å². The van der Waals surface area contributed by atoms with Gasteiger partial charge < -0.3 is 35.8 Å². The van der Waals surface area contributed by atoms with E-state index in [4.69, 9.17) is 20.0 Å². The Morgan fingerprint density at radius 2 is 1.78 bits per heavy atom. The molecule has 1 unspecified atom stereocenters. The summed E-state index contributed by atoms with van der Waals surface area (Å²) in [5, 5.41) is 30.4. The fraction of sp³-hybridized carbons (Fsp3) is 0.607. The van der Waals surface area contributed by atoms with Crippen LogP contribution in [0.3, 0.4) is 0 Å². The van der Waals surface area contributed by atoms with E-state index in [1.807, 2.05) is 0 Å². The Kier molecular flexibility index (Phi) is 11.9. The molecule has 2 aromatic rings. The van der Waals surface area contributed by atoms with Crippen molar-refractivity contribution < 1.29 is 43.4 Å². The van der Waals surface area contributed by atoms with Crippen molar-refractivity contribution in [3.63, 3.8) is 0 Å². The van der Waals surface area contributed by atoms with Crippen LogP contribution in [0.2, 0.25) is 0 Å². The number of carbonyl (C=O) groups excluding carboxylic acids is 4. The van der Waals surface area contributed by atoms with E-state index in [0.29, 0.717) is 10.7 Å². The van der Waals surface area contributed by atoms with Gasteiger partial charge in [-0.1, -0.05) is 16.9 Å². The highest BCUT2D eigenvalue weighted by atomic mass is 32.2. The van der Waals surface area contributed by atoms with Gasteiger partial charge in [0.1, 0.15) is 28.3 Å². The van der Waals surface area contributed by atoms with Crippen molar-refractivity contribution in [2.24, 2.45) is 5.16 Å². The second-order valence-corrected chi connectivity index (χ2v) is 16.4. The molecule has 2 aliphatic rings. The van der Waals surface area contributed by atoms with Crippen LogP contribution in [0.1, 0.15) is 61.2 Å². The minimum absolute atomic E-state index is 0.0266. The number of nitrogen functional groups attached to an aromatic ring is 1. The molecule has 51 heavy (non-hydrogen) atoms. The van der Waals surface area contributed by atoms with Gasteiger partial charge in [0.25, 0.3) is 11.8 Å². The summed E-state index contributed by atoms with van der Waals surface area (Å²) in [4.78, 5) is 74.5. The summed E-state index contributed by atoms with van der Waals surface area (Å²) in [6.45, 7) is 13.5. The second kappa shape index (κ2) is 15.4. The fourth-order valence-corrected chi connectivity index (χ4v) is 7.11. The summed E-state index contributed by atoms with van der Waals surface area (Å²) in [6, 6.07) is -1.13. The van der Waals surface area contributed by atoms with Crippen molar-refractivity contribution >= 4 is 75.7 Å². The molecular weight excluding hydrogens is 731 g/mol. The molecule has 3 amide bonds. The summed E-state index contributed by atoms with van der Waals surface area (Å²) in [6.07, 6.45) is -0.591. The van der Waals surface area contributed by atoms with Crippen LogP contribution >= 0.6 is 35.1 Å². The quantitative estimate of drug-likeness (QED) is 0.0728. The number of alkyl carbamates (subject to hydrolysis) is 1. The number of ether oxygens (including phenoxy) is 2. The van der Waals surface area contributed by atoms with Gasteiger partial charge in [-0.3, -0.25) is 14.5 Å². The van der Waals surface area contributed by atoms with Crippen molar-refractivity contribution in [2.45, 2.75) is 95.3 Å². The predicted octanol–water partition coefficient (Wildman–Crippen LogP) is 1.00. The highest BCUT2D eigenvalue weighted by Gasteiger charge is 2.54. The van der Waals surface area contributed by atoms with Crippen LogP contribution in [-0.4, -0.2) is 121 Å². The number of tetrazole rings is 1. The lowest BCUT2D eigenvalue weighted by atomic mass is 10.0. The largest absolute Gasteiger partial charge is 0.477 e. The number of fused-ring (bicyclic) bond motifs is 1. The van der Waals surface area contributed by atoms with Gasteiger partial charge in [-0.15, -0.1) is 16.9 Å². The summed E-state index contributed by atoms with van der Waals surface area (Å²) in [5.41, 5.74) is 2.39. The Hall–Kier alpha value is -4.51. The van der Waals surface area contributed by atoms with Crippen LogP contribution in [0.25, 0.3) is 0 Å². The summed E-state index contributed by atoms with van der Waals surface area (Å²) in [5.74, 6) is -3.50. The maximum atomic E-state index is 13.5. The Morgan fingerprint density at radius 3 is 2.39 bits per heavy atom. The molecule has 4 rings (SSSR count). The van der Waals surface area contributed by atoms with E-state index < -0.39 is 63.8 Å². The number of hydrogen-bond acceptors (Lipinski definition) is 18. The lowest BCUT2D eigenvalue weighted by Crippen LogP contribution is -2.71. The van der Waals surface area contributed by atoms with Crippen molar-refractivity contribution in [3.05, 3.63) is 17.1 Å². The number of amides is 3. The first-order chi connectivity index (χ1) is 23.7. The standard InChI is InChI=1S/C28H39N11O9S3/c1-26(2,3)46-22(44)28(7,8)48-34-14(17-32-23(29)51-35-17)18(40)31-15-19(41)39-16(21(42)43)13(11-49-20(15)39)12-50-24-33-36-37-38(24)10-9-30-25(45)47-27(4,5)6/h15,20H,9-12H2,1-8H3,(H,30,45)(H,31,40)(H,42,43)(H2,29,32,35)/t15?,20-/m0/s1.